The predicted octanol–water partition coefficient (Wildman–Crippen LogP) is 2.27. The maximum atomic E-state index is 11.8. The Bertz CT molecular complexity index is 674. The number of rotatable bonds is 1. The number of sulfone groups is 1. The van der Waals surface area contributed by atoms with E-state index in [0.29, 0.717) is 5.17 Å². The summed E-state index contributed by atoms with van der Waals surface area (Å²) in [5, 5.41) is 8.70. The van der Waals surface area contributed by atoms with Crippen molar-refractivity contribution in [1.29, 1.82) is 5.41 Å². The van der Waals surface area contributed by atoms with E-state index in [2.05, 4.69) is 19.1 Å². The molecule has 2 fully saturated rings. The van der Waals surface area contributed by atoms with Crippen molar-refractivity contribution in [2.75, 3.05) is 16.4 Å². The molecular weight excluding hydrogens is 292 g/mol. The van der Waals surface area contributed by atoms with E-state index in [1.165, 1.54) is 17.3 Å². The molecule has 20 heavy (non-hydrogen) atoms. The van der Waals surface area contributed by atoms with Crippen molar-refractivity contribution < 1.29 is 8.42 Å². The van der Waals surface area contributed by atoms with E-state index in [1.807, 2.05) is 18.7 Å². The smallest absolute Gasteiger partial charge is 0.161 e. The van der Waals surface area contributed by atoms with Gasteiger partial charge in [0.1, 0.15) is 0 Å². The molecule has 6 heteroatoms. The summed E-state index contributed by atoms with van der Waals surface area (Å²) >= 11 is 1.39. The Labute approximate surface area is 124 Å². The van der Waals surface area contributed by atoms with Gasteiger partial charge in [-0.05, 0) is 31.9 Å². The summed E-state index contributed by atoms with van der Waals surface area (Å²) in [7, 11) is -2.96. The largest absolute Gasteiger partial charge is 0.316 e. The highest BCUT2D eigenvalue weighted by molar-refractivity contribution is 8.15. The second-order valence-electron chi connectivity index (χ2n) is 5.72. The monoisotopic (exact) mass is 310 g/mol. The Balaban J connectivity index is 2.08. The number of anilines is 1. The summed E-state index contributed by atoms with van der Waals surface area (Å²) in [5.74, 6) is 0.366. The van der Waals surface area contributed by atoms with Crippen LogP contribution >= 0.6 is 11.8 Å². The van der Waals surface area contributed by atoms with Crippen LogP contribution in [-0.4, -0.2) is 36.4 Å². The first-order valence-electron chi connectivity index (χ1n) is 6.61. The Kier molecular flexibility index (Phi) is 3.14. The van der Waals surface area contributed by atoms with Crippen LogP contribution in [0.1, 0.15) is 16.7 Å². The highest BCUT2D eigenvalue weighted by Crippen LogP contribution is 2.42. The third kappa shape index (κ3) is 2.15. The Hall–Kier alpha value is -1.01. The summed E-state index contributed by atoms with van der Waals surface area (Å²) in [6, 6.07) is 4.10. The number of amidine groups is 1. The fraction of sp³-hybridized carbons (Fsp3) is 0.500. The SMILES string of the molecule is Cc1cc(C)c(N2C(=N)S[C@H]3CS(=O)(=O)C[C@H]32)c(C)c1. The van der Waals surface area contributed by atoms with Gasteiger partial charge in [-0.25, -0.2) is 8.42 Å². The lowest BCUT2D eigenvalue weighted by Crippen LogP contribution is -2.38. The second-order valence-corrected chi connectivity index (χ2v) is 9.10. The minimum absolute atomic E-state index is 0.00704. The summed E-state index contributed by atoms with van der Waals surface area (Å²) in [6.07, 6.45) is 0. The minimum atomic E-state index is -2.96. The first-order chi connectivity index (χ1) is 9.28. The van der Waals surface area contributed by atoms with Gasteiger partial charge in [0.05, 0.1) is 17.5 Å². The maximum absolute atomic E-state index is 11.8. The summed E-state index contributed by atoms with van der Waals surface area (Å²) < 4.78 is 23.7. The van der Waals surface area contributed by atoms with Gasteiger partial charge in [0.15, 0.2) is 15.0 Å². The zero-order valence-electron chi connectivity index (χ0n) is 11.8. The van der Waals surface area contributed by atoms with Crippen LogP contribution in [0.5, 0.6) is 0 Å². The molecule has 0 amide bonds. The molecule has 0 aliphatic carbocycles. The molecular formula is C14H18N2O2S2. The first kappa shape index (κ1) is 13.9. The van der Waals surface area contributed by atoms with Gasteiger partial charge in [-0.15, -0.1) is 0 Å². The van der Waals surface area contributed by atoms with Crippen molar-refractivity contribution >= 4 is 32.5 Å². The van der Waals surface area contributed by atoms with Crippen molar-refractivity contribution in [2.24, 2.45) is 0 Å². The van der Waals surface area contributed by atoms with Gasteiger partial charge >= 0.3 is 0 Å². The number of nitrogens with one attached hydrogen (secondary N) is 1. The van der Waals surface area contributed by atoms with Crippen LogP contribution in [0, 0.1) is 26.2 Å². The number of aryl methyl sites for hydroxylation is 3. The molecule has 2 heterocycles. The minimum Gasteiger partial charge on any atom is -0.316 e. The summed E-state index contributed by atoms with van der Waals surface area (Å²) in [4.78, 5) is 1.93. The molecule has 0 bridgehead atoms. The Morgan fingerprint density at radius 1 is 1.20 bits per heavy atom. The van der Waals surface area contributed by atoms with Crippen molar-refractivity contribution in [3.05, 3.63) is 28.8 Å². The van der Waals surface area contributed by atoms with E-state index in [1.54, 1.807) is 0 Å². The molecule has 0 spiro atoms. The molecule has 2 aliphatic heterocycles. The number of benzene rings is 1. The van der Waals surface area contributed by atoms with Crippen LogP contribution in [0.4, 0.5) is 5.69 Å². The Morgan fingerprint density at radius 2 is 1.80 bits per heavy atom. The van der Waals surface area contributed by atoms with Crippen LogP contribution in [0.25, 0.3) is 0 Å². The standard InChI is InChI=1S/C14H18N2O2S2/c1-8-4-9(2)13(10(3)5-8)16-11-6-20(17,18)7-12(11)19-14(16)15/h4-5,11-12,15H,6-7H2,1-3H3/t11-,12+/m1/s1. The van der Waals surface area contributed by atoms with Gasteiger partial charge in [0.2, 0.25) is 0 Å². The highest BCUT2D eigenvalue weighted by atomic mass is 32.2. The van der Waals surface area contributed by atoms with Crippen LogP contribution in [0.15, 0.2) is 12.1 Å². The van der Waals surface area contributed by atoms with Crippen LogP contribution in [-0.2, 0) is 9.84 Å². The number of hydrogen-bond donors (Lipinski definition) is 1. The van der Waals surface area contributed by atoms with Crippen molar-refractivity contribution in [2.45, 2.75) is 32.1 Å². The van der Waals surface area contributed by atoms with E-state index >= 15 is 0 Å². The average Bonchev–Trinajstić information content (AvgIpc) is 2.70. The summed E-state index contributed by atoms with van der Waals surface area (Å²) in [6.45, 7) is 6.12. The van der Waals surface area contributed by atoms with Crippen molar-refractivity contribution in [3.63, 3.8) is 0 Å². The zero-order chi connectivity index (χ0) is 14.7. The lowest BCUT2D eigenvalue weighted by atomic mass is 10.0. The van der Waals surface area contributed by atoms with Gasteiger partial charge in [-0.3, -0.25) is 5.41 Å². The maximum Gasteiger partial charge on any atom is 0.161 e. The third-order valence-corrected chi connectivity index (χ3v) is 7.09. The van der Waals surface area contributed by atoms with Gasteiger partial charge in [0, 0.05) is 10.9 Å². The molecule has 0 saturated carbocycles. The normalized spacial score (nSPS) is 27.9. The summed E-state index contributed by atoms with van der Waals surface area (Å²) in [5.41, 5.74) is 4.42. The van der Waals surface area contributed by atoms with Gasteiger partial charge < -0.3 is 4.90 Å². The Morgan fingerprint density at radius 3 is 2.40 bits per heavy atom. The van der Waals surface area contributed by atoms with Crippen molar-refractivity contribution in [3.8, 4) is 0 Å². The van der Waals surface area contributed by atoms with Gasteiger partial charge in [-0.1, -0.05) is 29.5 Å². The fourth-order valence-corrected chi connectivity index (χ4v) is 7.10. The topological polar surface area (TPSA) is 61.2 Å². The molecule has 1 aromatic rings. The van der Waals surface area contributed by atoms with E-state index in [4.69, 9.17) is 5.41 Å². The number of thioether (sulfide) groups is 1. The van der Waals surface area contributed by atoms with Gasteiger partial charge in [0.25, 0.3) is 0 Å². The molecule has 4 nitrogen and oxygen atoms in total. The van der Waals surface area contributed by atoms with E-state index < -0.39 is 9.84 Å². The molecule has 2 atom stereocenters. The van der Waals surface area contributed by atoms with E-state index in [9.17, 15) is 8.42 Å². The molecule has 3 rings (SSSR count). The highest BCUT2D eigenvalue weighted by Gasteiger charge is 2.49. The lowest BCUT2D eigenvalue weighted by Gasteiger charge is -2.27. The third-order valence-electron chi connectivity index (χ3n) is 3.96. The number of nitrogens with zero attached hydrogens (tertiary/aromatic N) is 1. The quantitative estimate of drug-likeness (QED) is 0.864. The average molecular weight is 310 g/mol. The molecule has 2 saturated heterocycles. The fourth-order valence-electron chi connectivity index (χ4n) is 3.32. The number of hydrogen-bond acceptors (Lipinski definition) is 4. The second kappa shape index (κ2) is 4.49. The molecule has 0 unspecified atom stereocenters. The predicted molar refractivity (Wildman–Crippen MR) is 84.7 cm³/mol. The van der Waals surface area contributed by atoms with E-state index in [0.717, 1.165) is 16.8 Å². The van der Waals surface area contributed by atoms with Crippen LogP contribution < -0.4 is 4.90 Å². The van der Waals surface area contributed by atoms with Crippen LogP contribution in [0.3, 0.4) is 0 Å². The molecule has 0 aromatic heterocycles. The molecule has 1 N–H and O–H groups in total. The zero-order valence-corrected chi connectivity index (χ0v) is 13.4. The first-order valence-corrected chi connectivity index (χ1v) is 9.31. The molecule has 0 radical (unpaired) electrons. The molecule has 2 aliphatic rings. The number of fused-ring (bicyclic) bond motifs is 1. The molecule has 1 aromatic carbocycles. The van der Waals surface area contributed by atoms with Gasteiger partial charge in [-0.2, -0.15) is 0 Å². The molecule has 108 valence electrons. The van der Waals surface area contributed by atoms with Crippen LogP contribution in [0.2, 0.25) is 0 Å². The van der Waals surface area contributed by atoms with Crippen molar-refractivity contribution in [1.82, 2.24) is 0 Å². The lowest BCUT2D eigenvalue weighted by molar-refractivity contribution is 0.601. The van der Waals surface area contributed by atoms with E-state index in [-0.39, 0.29) is 22.8 Å².